The van der Waals surface area contributed by atoms with E-state index in [4.69, 9.17) is 4.52 Å². The van der Waals surface area contributed by atoms with E-state index in [0.29, 0.717) is 5.41 Å². The molecule has 0 N–H and O–H groups in total. The first-order valence-electron chi connectivity index (χ1n) is 8.22. The molecular weight excluding hydrogens is 264 g/mol. The van der Waals surface area contributed by atoms with Crippen LogP contribution in [0, 0.1) is 5.41 Å². The maximum atomic E-state index is 5.32. The van der Waals surface area contributed by atoms with Crippen molar-refractivity contribution in [2.24, 2.45) is 5.41 Å². The second-order valence-corrected chi connectivity index (χ2v) is 7.28. The van der Waals surface area contributed by atoms with Crippen molar-refractivity contribution < 1.29 is 4.52 Å². The monoisotopic (exact) mass is 294 g/mol. The van der Waals surface area contributed by atoms with Crippen molar-refractivity contribution in [3.05, 3.63) is 11.7 Å². The van der Waals surface area contributed by atoms with E-state index < -0.39 is 0 Å². The van der Waals surface area contributed by atoms with Crippen LogP contribution in [0.1, 0.15) is 52.3 Å². The van der Waals surface area contributed by atoms with Crippen molar-refractivity contribution in [3.63, 3.8) is 0 Å². The minimum absolute atomic E-state index is 0.427. The third-order valence-corrected chi connectivity index (χ3v) is 3.99. The Morgan fingerprint density at radius 3 is 2.38 bits per heavy atom. The van der Waals surface area contributed by atoms with E-state index in [1.807, 2.05) is 0 Å². The fraction of sp³-hybridized carbons (Fsp3) is 0.875. The first-order chi connectivity index (χ1) is 9.96. The standard InChI is InChI=1S/C16H30N4O/c1-5-6-14-17-15(21-18-14)13-20-11-9-19(10-12-20)8-7-16(2,3)4/h5-13H2,1-4H3. The Labute approximate surface area is 128 Å². The molecule has 0 bridgehead atoms. The van der Waals surface area contributed by atoms with Crippen LogP contribution in [-0.2, 0) is 13.0 Å². The molecule has 21 heavy (non-hydrogen) atoms. The molecule has 0 aromatic carbocycles. The Kier molecular flexibility index (Phi) is 5.76. The van der Waals surface area contributed by atoms with Crippen LogP contribution in [0.2, 0.25) is 0 Å². The number of nitrogens with zero attached hydrogens (tertiary/aromatic N) is 4. The molecule has 5 heteroatoms. The fourth-order valence-electron chi connectivity index (χ4n) is 2.54. The largest absolute Gasteiger partial charge is 0.338 e. The average Bonchev–Trinajstić information content (AvgIpc) is 2.85. The fourth-order valence-corrected chi connectivity index (χ4v) is 2.54. The summed E-state index contributed by atoms with van der Waals surface area (Å²) < 4.78 is 5.32. The third kappa shape index (κ3) is 5.75. The summed E-state index contributed by atoms with van der Waals surface area (Å²) in [5.41, 5.74) is 0.427. The molecule has 1 saturated heterocycles. The van der Waals surface area contributed by atoms with Gasteiger partial charge < -0.3 is 9.42 Å². The third-order valence-electron chi connectivity index (χ3n) is 3.99. The molecule has 0 aliphatic carbocycles. The van der Waals surface area contributed by atoms with E-state index in [-0.39, 0.29) is 0 Å². The van der Waals surface area contributed by atoms with Gasteiger partial charge in [0, 0.05) is 32.6 Å². The van der Waals surface area contributed by atoms with Crippen molar-refractivity contribution in [1.82, 2.24) is 19.9 Å². The second-order valence-electron chi connectivity index (χ2n) is 7.28. The van der Waals surface area contributed by atoms with Gasteiger partial charge in [0.05, 0.1) is 6.54 Å². The summed E-state index contributed by atoms with van der Waals surface area (Å²) >= 11 is 0. The molecule has 1 aromatic rings. The van der Waals surface area contributed by atoms with Crippen LogP contribution in [0.4, 0.5) is 0 Å². The average molecular weight is 294 g/mol. The Morgan fingerprint density at radius 1 is 1.10 bits per heavy atom. The number of hydrogen-bond acceptors (Lipinski definition) is 5. The zero-order valence-corrected chi connectivity index (χ0v) is 14.1. The van der Waals surface area contributed by atoms with Crippen molar-refractivity contribution in [2.45, 2.75) is 53.5 Å². The first kappa shape index (κ1) is 16.4. The van der Waals surface area contributed by atoms with Gasteiger partial charge in [0.1, 0.15) is 0 Å². The molecule has 0 unspecified atom stereocenters. The van der Waals surface area contributed by atoms with Crippen molar-refractivity contribution in [3.8, 4) is 0 Å². The van der Waals surface area contributed by atoms with Crippen LogP contribution in [0.3, 0.4) is 0 Å². The van der Waals surface area contributed by atoms with Gasteiger partial charge in [-0.3, -0.25) is 4.90 Å². The van der Waals surface area contributed by atoms with Crippen molar-refractivity contribution in [2.75, 3.05) is 32.7 Å². The Morgan fingerprint density at radius 2 is 1.76 bits per heavy atom. The van der Waals surface area contributed by atoms with Gasteiger partial charge in [0.2, 0.25) is 5.89 Å². The molecular formula is C16H30N4O. The lowest BCUT2D eigenvalue weighted by molar-refractivity contribution is 0.108. The van der Waals surface area contributed by atoms with Gasteiger partial charge in [-0.2, -0.15) is 4.98 Å². The van der Waals surface area contributed by atoms with Crippen molar-refractivity contribution >= 4 is 0 Å². The first-order valence-corrected chi connectivity index (χ1v) is 8.22. The molecule has 2 rings (SSSR count). The lowest BCUT2D eigenvalue weighted by Gasteiger charge is -2.35. The lowest BCUT2D eigenvalue weighted by Crippen LogP contribution is -2.46. The van der Waals surface area contributed by atoms with Crippen LogP contribution >= 0.6 is 0 Å². The molecule has 0 saturated carbocycles. The molecule has 0 atom stereocenters. The lowest BCUT2D eigenvalue weighted by atomic mass is 9.92. The summed E-state index contributed by atoms with van der Waals surface area (Å²) in [6.07, 6.45) is 3.23. The van der Waals surface area contributed by atoms with Crippen LogP contribution in [0.5, 0.6) is 0 Å². The Balaban J connectivity index is 1.71. The van der Waals surface area contributed by atoms with Gasteiger partial charge >= 0.3 is 0 Å². The molecule has 1 aliphatic rings. The molecule has 1 aromatic heterocycles. The van der Waals surface area contributed by atoms with Crippen LogP contribution in [0.25, 0.3) is 0 Å². The molecule has 2 heterocycles. The van der Waals surface area contributed by atoms with Crippen LogP contribution in [0.15, 0.2) is 4.52 Å². The van der Waals surface area contributed by atoms with E-state index in [1.165, 1.54) is 13.0 Å². The zero-order chi connectivity index (χ0) is 15.3. The van der Waals surface area contributed by atoms with Gasteiger partial charge in [-0.1, -0.05) is 32.9 Å². The topological polar surface area (TPSA) is 45.4 Å². The predicted octanol–water partition coefficient (Wildman–Crippen LogP) is 2.58. The van der Waals surface area contributed by atoms with E-state index in [1.54, 1.807) is 0 Å². The summed E-state index contributed by atoms with van der Waals surface area (Å²) in [7, 11) is 0. The predicted molar refractivity (Wildman–Crippen MR) is 84.1 cm³/mol. The summed E-state index contributed by atoms with van der Waals surface area (Å²) in [5, 5.41) is 4.02. The smallest absolute Gasteiger partial charge is 0.240 e. The summed E-state index contributed by atoms with van der Waals surface area (Å²) in [4.78, 5) is 9.43. The zero-order valence-electron chi connectivity index (χ0n) is 14.1. The number of rotatable bonds is 6. The molecule has 5 nitrogen and oxygen atoms in total. The normalized spacial score (nSPS) is 18.3. The van der Waals surface area contributed by atoms with Crippen LogP contribution < -0.4 is 0 Å². The Bertz CT molecular complexity index is 416. The van der Waals surface area contributed by atoms with E-state index >= 15 is 0 Å². The number of hydrogen-bond donors (Lipinski definition) is 0. The van der Waals surface area contributed by atoms with Gasteiger partial charge in [-0.15, -0.1) is 0 Å². The Hall–Kier alpha value is -0.940. The highest BCUT2D eigenvalue weighted by molar-refractivity contribution is 4.87. The summed E-state index contributed by atoms with van der Waals surface area (Å²) in [6.45, 7) is 15.5. The van der Waals surface area contributed by atoms with Gasteiger partial charge in [0.15, 0.2) is 5.82 Å². The minimum Gasteiger partial charge on any atom is -0.338 e. The number of piperazine rings is 1. The molecule has 0 spiro atoms. The number of aryl methyl sites for hydroxylation is 1. The maximum absolute atomic E-state index is 5.32. The van der Waals surface area contributed by atoms with Gasteiger partial charge in [-0.25, -0.2) is 0 Å². The van der Waals surface area contributed by atoms with E-state index in [0.717, 1.165) is 57.3 Å². The van der Waals surface area contributed by atoms with Crippen molar-refractivity contribution in [1.29, 1.82) is 0 Å². The van der Waals surface area contributed by atoms with Gasteiger partial charge in [-0.05, 0) is 24.8 Å². The quantitative estimate of drug-likeness (QED) is 0.807. The SMILES string of the molecule is CCCc1noc(CN2CCN(CCC(C)(C)C)CC2)n1. The minimum atomic E-state index is 0.427. The van der Waals surface area contributed by atoms with Gasteiger partial charge in [0.25, 0.3) is 0 Å². The highest BCUT2D eigenvalue weighted by atomic mass is 16.5. The molecule has 0 radical (unpaired) electrons. The molecule has 1 aliphatic heterocycles. The van der Waals surface area contributed by atoms with E-state index in [9.17, 15) is 0 Å². The summed E-state index contributed by atoms with van der Waals surface area (Å²) in [5.74, 6) is 1.61. The maximum Gasteiger partial charge on any atom is 0.240 e. The second kappa shape index (κ2) is 7.36. The number of aromatic nitrogens is 2. The highest BCUT2D eigenvalue weighted by Gasteiger charge is 2.20. The molecule has 1 fully saturated rings. The molecule has 120 valence electrons. The van der Waals surface area contributed by atoms with Crippen LogP contribution in [-0.4, -0.2) is 52.7 Å². The van der Waals surface area contributed by atoms with E-state index in [2.05, 4.69) is 47.6 Å². The summed E-state index contributed by atoms with van der Waals surface area (Å²) in [6, 6.07) is 0. The molecule has 0 amide bonds. The highest BCUT2D eigenvalue weighted by Crippen LogP contribution is 2.19.